The summed E-state index contributed by atoms with van der Waals surface area (Å²) in [5, 5.41) is 13.3. The highest BCUT2D eigenvalue weighted by molar-refractivity contribution is 5.95. The molecule has 2 amide bonds. The number of carboxylic acid groups (broad SMARTS) is 1. The number of likely N-dealkylation sites (tertiary alicyclic amines) is 1. The number of aromatic nitrogens is 2. The summed E-state index contributed by atoms with van der Waals surface area (Å²) in [5.41, 5.74) is 1.72. The predicted octanol–water partition coefficient (Wildman–Crippen LogP) is 5.71. The van der Waals surface area contributed by atoms with E-state index in [0.29, 0.717) is 31.1 Å². The van der Waals surface area contributed by atoms with Crippen molar-refractivity contribution in [2.24, 2.45) is 0 Å². The summed E-state index contributed by atoms with van der Waals surface area (Å²) >= 11 is 0. The van der Waals surface area contributed by atoms with Crippen LogP contribution in [0.1, 0.15) is 45.1 Å². The van der Waals surface area contributed by atoms with Crippen LogP contribution in [0, 0.1) is 0 Å². The van der Waals surface area contributed by atoms with Crippen molar-refractivity contribution < 1.29 is 24.2 Å². The highest BCUT2D eigenvalue weighted by Crippen LogP contribution is 2.34. The number of methoxy groups -OCH3 is 1. The molecule has 1 aliphatic rings. The molecule has 0 atom stereocenters. The van der Waals surface area contributed by atoms with Gasteiger partial charge in [0.1, 0.15) is 17.3 Å². The minimum atomic E-state index is -1.24. The molecule has 11 heteroatoms. The molecular weight excluding hydrogens is 548 g/mol. The summed E-state index contributed by atoms with van der Waals surface area (Å²) in [4.78, 5) is 39.1. The molecule has 1 aliphatic heterocycles. The second-order valence-corrected chi connectivity index (χ2v) is 10.4. The lowest BCUT2D eigenvalue weighted by atomic mass is 10.1. The average molecular weight is 591 g/mol. The maximum atomic E-state index is 12.6. The highest BCUT2D eigenvalue weighted by Gasteiger charge is 2.24. The smallest absolute Gasteiger partial charge is 0.417 e. The molecule has 0 radical (unpaired) electrons. The molecule has 0 spiro atoms. The van der Waals surface area contributed by atoms with Gasteiger partial charge in [-0.25, -0.2) is 14.7 Å². The van der Waals surface area contributed by atoms with Gasteiger partial charge in [0, 0.05) is 43.7 Å². The van der Waals surface area contributed by atoms with Crippen LogP contribution in [-0.4, -0.2) is 83.3 Å². The zero-order chi connectivity index (χ0) is 30.6. The number of ether oxygens (including phenoxy) is 2. The molecule has 2 aromatic carbocycles. The molecule has 2 heterocycles. The Balaban J connectivity index is 1.44. The van der Waals surface area contributed by atoms with Crippen LogP contribution in [0.3, 0.4) is 0 Å². The summed E-state index contributed by atoms with van der Waals surface area (Å²) in [5.74, 6) is 1.40. The van der Waals surface area contributed by atoms with Crippen LogP contribution in [0.15, 0.2) is 54.7 Å². The largest absolute Gasteiger partial charge is 0.495 e. The first-order valence-electron chi connectivity index (χ1n) is 14.9. The van der Waals surface area contributed by atoms with E-state index in [0.717, 1.165) is 29.2 Å². The number of amides is 2. The van der Waals surface area contributed by atoms with Crippen LogP contribution >= 0.6 is 0 Å². The fraction of sp³-hybridized carbons (Fsp3) is 0.438. The molecule has 0 unspecified atom stereocenters. The van der Waals surface area contributed by atoms with Crippen LogP contribution in [0.2, 0.25) is 0 Å². The van der Waals surface area contributed by atoms with Gasteiger partial charge in [-0.2, -0.15) is 4.98 Å². The van der Waals surface area contributed by atoms with Crippen molar-refractivity contribution in [2.45, 2.75) is 46.0 Å². The van der Waals surface area contributed by atoms with Gasteiger partial charge in [-0.05, 0) is 76.0 Å². The third-order valence-corrected chi connectivity index (χ3v) is 7.44. The van der Waals surface area contributed by atoms with E-state index >= 15 is 0 Å². The Morgan fingerprint density at radius 2 is 1.84 bits per heavy atom. The highest BCUT2D eigenvalue weighted by atomic mass is 16.5. The van der Waals surface area contributed by atoms with Crippen molar-refractivity contribution >= 4 is 35.1 Å². The molecule has 1 aromatic heterocycles. The van der Waals surface area contributed by atoms with E-state index in [9.17, 15) is 14.7 Å². The van der Waals surface area contributed by atoms with Gasteiger partial charge in [-0.15, -0.1) is 0 Å². The van der Waals surface area contributed by atoms with E-state index in [1.807, 2.05) is 38.1 Å². The molecule has 2 N–H and O–H groups in total. The third-order valence-electron chi connectivity index (χ3n) is 7.44. The lowest BCUT2D eigenvalue weighted by molar-refractivity contribution is -0.130. The molecule has 11 nitrogen and oxygen atoms in total. The minimum absolute atomic E-state index is 0.00617. The van der Waals surface area contributed by atoms with Gasteiger partial charge in [-0.3, -0.25) is 4.79 Å². The SMILES string of the molecule is CCN(CC)C(=O)Cc1ccc(N(C(=O)O)c2ccnc(Nc3cccc(OCCCN4CCCCC4)c3)n2)c(OC)c1. The third kappa shape index (κ3) is 8.81. The Kier molecular flexibility index (Phi) is 11.5. The second kappa shape index (κ2) is 15.7. The summed E-state index contributed by atoms with van der Waals surface area (Å²) in [7, 11) is 1.46. The first-order chi connectivity index (χ1) is 20.9. The van der Waals surface area contributed by atoms with Crippen LogP contribution in [0.5, 0.6) is 11.5 Å². The van der Waals surface area contributed by atoms with E-state index in [-0.39, 0.29) is 29.8 Å². The standard InChI is InChI=1S/C32H42N6O5/c1-4-37(5-2)30(39)22-24-13-14-27(28(21-24)42-3)38(32(40)41)29-15-16-33-31(35-29)34-25-11-9-12-26(23-25)43-20-10-19-36-17-7-6-8-18-36/h9,11-16,21,23H,4-8,10,17-20,22H2,1-3H3,(H,40,41)(H,33,34,35). The van der Waals surface area contributed by atoms with E-state index in [2.05, 4.69) is 20.2 Å². The van der Waals surface area contributed by atoms with Gasteiger partial charge in [0.25, 0.3) is 0 Å². The summed E-state index contributed by atoms with van der Waals surface area (Å²) in [6.07, 6.45) is 5.29. The number of hydrogen-bond donors (Lipinski definition) is 2. The summed E-state index contributed by atoms with van der Waals surface area (Å²) < 4.78 is 11.5. The van der Waals surface area contributed by atoms with Gasteiger partial charge in [0.05, 0.1) is 25.8 Å². The molecule has 1 fully saturated rings. The molecule has 0 saturated carbocycles. The first kappa shape index (κ1) is 31.6. The number of piperidine rings is 1. The minimum Gasteiger partial charge on any atom is -0.495 e. The number of rotatable bonds is 14. The quantitative estimate of drug-likeness (QED) is 0.227. The number of anilines is 4. The molecule has 0 bridgehead atoms. The molecule has 3 aromatic rings. The molecule has 1 saturated heterocycles. The Hall–Kier alpha value is -4.38. The Morgan fingerprint density at radius 1 is 1.05 bits per heavy atom. The topological polar surface area (TPSA) is 120 Å². The molecule has 230 valence electrons. The Labute approximate surface area is 253 Å². The van der Waals surface area contributed by atoms with Crippen LogP contribution in [-0.2, 0) is 11.2 Å². The normalized spacial score (nSPS) is 13.3. The average Bonchev–Trinajstić information content (AvgIpc) is 3.01. The van der Waals surface area contributed by atoms with Crippen molar-refractivity contribution in [1.82, 2.24) is 19.8 Å². The van der Waals surface area contributed by atoms with Gasteiger partial charge in [0.2, 0.25) is 11.9 Å². The van der Waals surface area contributed by atoms with Gasteiger partial charge in [-0.1, -0.05) is 18.6 Å². The lowest BCUT2D eigenvalue weighted by Crippen LogP contribution is -2.31. The molecule has 4 rings (SSSR count). The number of benzene rings is 2. The number of carbonyl (C=O) groups excluding carboxylic acids is 1. The Bertz CT molecular complexity index is 1360. The zero-order valence-corrected chi connectivity index (χ0v) is 25.3. The number of nitrogens with zero attached hydrogens (tertiary/aromatic N) is 5. The van der Waals surface area contributed by atoms with E-state index < -0.39 is 6.09 Å². The van der Waals surface area contributed by atoms with Crippen molar-refractivity contribution in [3.63, 3.8) is 0 Å². The van der Waals surface area contributed by atoms with Crippen molar-refractivity contribution in [3.05, 3.63) is 60.3 Å². The molecule has 43 heavy (non-hydrogen) atoms. The van der Waals surface area contributed by atoms with Crippen LogP contribution in [0.25, 0.3) is 0 Å². The maximum absolute atomic E-state index is 12.6. The molecule has 0 aliphatic carbocycles. The van der Waals surface area contributed by atoms with E-state index in [1.54, 1.807) is 23.1 Å². The number of nitrogens with one attached hydrogen (secondary N) is 1. The van der Waals surface area contributed by atoms with Gasteiger partial charge < -0.3 is 29.7 Å². The summed E-state index contributed by atoms with van der Waals surface area (Å²) in [6.45, 7) is 9.13. The summed E-state index contributed by atoms with van der Waals surface area (Å²) in [6, 6.07) is 14.1. The number of likely N-dealkylation sites (N-methyl/N-ethyl adjacent to an activating group) is 1. The van der Waals surface area contributed by atoms with Gasteiger partial charge >= 0.3 is 6.09 Å². The predicted molar refractivity (Wildman–Crippen MR) is 167 cm³/mol. The number of carbonyl (C=O) groups is 2. The van der Waals surface area contributed by atoms with Crippen molar-refractivity contribution in [3.8, 4) is 11.5 Å². The fourth-order valence-corrected chi connectivity index (χ4v) is 5.19. The Morgan fingerprint density at radius 3 is 2.56 bits per heavy atom. The number of hydrogen-bond acceptors (Lipinski definition) is 8. The fourth-order valence-electron chi connectivity index (χ4n) is 5.19. The van der Waals surface area contributed by atoms with Crippen molar-refractivity contribution in [2.75, 3.05) is 56.7 Å². The zero-order valence-electron chi connectivity index (χ0n) is 25.3. The molecular formula is C32H42N6O5. The van der Waals surface area contributed by atoms with E-state index in [1.165, 1.54) is 51.7 Å². The maximum Gasteiger partial charge on any atom is 0.417 e. The first-order valence-corrected chi connectivity index (χ1v) is 14.9. The van der Waals surface area contributed by atoms with E-state index in [4.69, 9.17) is 9.47 Å². The van der Waals surface area contributed by atoms with Crippen LogP contribution < -0.4 is 19.7 Å². The van der Waals surface area contributed by atoms with Gasteiger partial charge in [0.15, 0.2) is 0 Å². The lowest BCUT2D eigenvalue weighted by Gasteiger charge is -2.26. The van der Waals surface area contributed by atoms with Crippen LogP contribution in [0.4, 0.5) is 27.9 Å². The monoisotopic (exact) mass is 590 g/mol. The second-order valence-electron chi connectivity index (χ2n) is 10.4. The van der Waals surface area contributed by atoms with Crippen molar-refractivity contribution in [1.29, 1.82) is 0 Å².